The van der Waals surface area contributed by atoms with Crippen LogP contribution in [0.15, 0.2) is 46.9 Å². The van der Waals surface area contributed by atoms with Gasteiger partial charge in [0.05, 0.1) is 12.8 Å². The lowest BCUT2D eigenvalue weighted by Crippen LogP contribution is -2.36. The molecule has 0 aromatic heterocycles. The maximum absolute atomic E-state index is 12.3. The number of carbonyl (C=O) groups is 2. The second-order valence-corrected chi connectivity index (χ2v) is 6.19. The molecule has 0 aliphatic carbocycles. The van der Waals surface area contributed by atoms with Gasteiger partial charge in [-0.2, -0.15) is 0 Å². The van der Waals surface area contributed by atoms with Gasteiger partial charge >= 0.3 is 0 Å². The Kier molecular flexibility index (Phi) is 5.98. The summed E-state index contributed by atoms with van der Waals surface area (Å²) in [5, 5.41) is 2.81. The highest BCUT2D eigenvalue weighted by Crippen LogP contribution is 2.24. The van der Waals surface area contributed by atoms with Gasteiger partial charge in [-0.25, -0.2) is 0 Å². The first-order valence-electron chi connectivity index (χ1n) is 7.39. The van der Waals surface area contributed by atoms with Gasteiger partial charge in [-0.1, -0.05) is 6.07 Å². The highest BCUT2D eigenvalue weighted by Gasteiger charge is 2.16. The number of rotatable bonds is 5. The fourth-order valence-electron chi connectivity index (χ4n) is 2.20. The van der Waals surface area contributed by atoms with Gasteiger partial charge in [0, 0.05) is 17.1 Å². The number of ether oxygens (including phenoxy) is 1. The predicted octanol–water partition coefficient (Wildman–Crippen LogP) is 3.76. The number of anilines is 2. The van der Waals surface area contributed by atoms with Crippen LogP contribution in [0.5, 0.6) is 5.75 Å². The van der Waals surface area contributed by atoms with E-state index < -0.39 is 0 Å². The summed E-state index contributed by atoms with van der Waals surface area (Å²) in [5.41, 5.74) is 2.40. The zero-order valence-electron chi connectivity index (χ0n) is 13.8. The minimum atomic E-state index is -0.273. The molecule has 2 amide bonds. The summed E-state index contributed by atoms with van der Waals surface area (Å²) in [6.07, 6.45) is 0. The molecule has 0 fully saturated rings. The highest BCUT2D eigenvalue weighted by molar-refractivity contribution is 9.10. The topological polar surface area (TPSA) is 58.6 Å². The van der Waals surface area contributed by atoms with Crippen molar-refractivity contribution >= 4 is 39.1 Å². The van der Waals surface area contributed by atoms with Gasteiger partial charge in [-0.05, 0) is 64.8 Å². The first-order chi connectivity index (χ1) is 11.4. The van der Waals surface area contributed by atoms with Crippen LogP contribution >= 0.6 is 15.9 Å². The molecule has 0 atom stereocenters. The molecule has 2 aromatic carbocycles. The molecule has 126 valence electrons. The molecule has 24 heavy (non-hydrogen) atoms. The third kappa shape index (κ3) is 4.58. The van der Waals surface area contributed by atoms with Gasteiger partial charge in [-0.15, -0.1) is 0 Å². The van der Waals surface area contributed by atoms with Gasteiger partial charge in [0.1, 0.15) is 12.3 Å². The van der Waals surface area contributed by atoms with Gasteiger partial charge in [0.15, 0.2) is 0 Å². The van der Waals surface area contributed by atoms with E-state index >= 15 is 0 Å². The van der Waals surface area contributed by atoms with E-state index in [2.05, 4.69) is 21.2 Å². The van der Waals surface area contributed by atoms with E-state index in [1.165, 1.54) is 11.8 Å². The molecule has 0 spiro atoms. The molecule has 5 nitrogen and oxygen atoms in total. The number of benzene rings is 2. The molecule has 0 unspecified atom stereocenters. The number of hydrogen-bond donors (Lipinski definition) is 1. The van der Waals surface area contributed by atoms with E-state index in [-0.39, 0.29) is 18.4 Å². The molecule has 0 saturated heterocycles. The van der Waals surface area contributed by atoms with Crippen molar-refractivity contribution < 1.29 is 14.3 Å². The quantitative estimate of drug-likeness (QED) is 0.845. The highest BCUT2D eigenvalue weighted by atomic mass is 79.9. The first kappa shape index (κ1) is 18.0. The van der Waals surface area contributed by atoms with Crippen molar-refractivity contribution in [3.63, 3.8) is 0 Å². The van der Waals surface area contributed by atoms with E-state index in [1.807, 2.05) is 25.1 Å². The molecule has 1 N–H and O–H groups in total. The molecular formula is C18H19BrN2O3. The summed E-state index contributed by atoms with van der Waals surface area (Å²) in [6.45, 7) is 3.33. The molecule has 0 aliphatic rings. The maximum atomic E-state index is 12.3. The summed E-state index contributed by atoms with van der Waals surface area (Å²) in [7, 11) is 1.57. The Morgan fingerprint density at radius 2 is 1.83 bits per heavy atom. The van der Waals surface area contributed by atoms with Crippen LogP contribution in [-0.2, 0) is 9.59 Å². The number of nitrogens with one attached hydrogen (secondary N) is 1. The Balaban J connectivity index is 2.11. The smallest absolute Gasteiger partial charge is 0.244 e. The van der Waals surface area contributed by atoms with E-state index in [9.17, 15) is 9.59 Å². The third-order valence-electron chi connectivity index (χ3n) is 3.46. The summed E-state index contributed by atoms with van der Waals surface area (Å²) in [6, 6.07) is 12.6. The molecule has 6 heteroatoms. The average Bonchev–Trinajstić information content (AvgIpc) is 2.55. The van der Waals surface area contributed by atoms with Crippen LogP contribution in [0, 0.1) is 6.92 Å². The van der Waals surface area contributed by atoms with E-state index in [4.69, 9.17) is 4.74 Å². The maximum Gasteiger partial charge on any atom is 0.244 e. The molecule has 0 heterocycles. The summed E-state index contributed by atoms with van der Waals surface area (Å²) < 4.78 is 5.90. The average molecular weight is 391 g/mol. The van der Waals surface area contributed by atoms with Crippen molar-refractivity contribution in [3.8, 4) is 5.75 Å². The van der Waals surface area contributed by atoms with Gasteiger partial charge < -0.3 is 15.0 Å². The van der Waals surface area contributed by atoms with Crippen LogP contribution in [0.4, 0.5) is 11.4 Å². The standard InChI is InChI=1S/C18H19BrN2O3/c1-12-4-9-17(16(19)10-12)20-18(23)11-21(13(2)22)14-5-7-15(24-3)8-6-14/h4-10H,11H2,1-3H3,(H,20,23). The summed E-state index contributed by atoms with van der Waals surface area (Å²) >= 11 is 3.42. The monoisotopic (exact) mass is 390 g/mol. The van der Waals surface area contributed by atoms with Crippen molar-refractivity contribution in [2.24, 2.45) is 0 Å². The fraction of sp³-hybridized carbons (Fsp3) is 0.222. The van der Waals surface area contributed by atoms with Crippen molar-refractivity contribution in [1.29, 1.82) is 0 Å². The molecule has 2 rings (SSSR count). The lowest BCUT2D eigenvalue weighted by molar-refractivity contribution is -0.120. The molecule has 0 aliphatic heterocycles. The summed E-state index contributed by atoms with van der Waals surface area (Å²) in [4.78, 5) is 25.6. The van der Waals surface area contributed by atoms with Crippen LogP contribution in [0.3, 0.4) is 0 Å². The number of nitrogens with zero attached hydrogens (tertiary/aromatic N) is 1. The van der Waals surface area contributed by atoms with Crippen LogP contribution in [0.25, 0.3) is 0 Å². The minimum Gasteiger partial charge on any atom is -0.497 e. The first-order valence-corrected chi connectivity index (χ1v) is 8.18. The Hall–Kier alpha value is -2.34. The number of halogens is 1. The minimum absolute atomic E-state index is 0.0675. The second kappa shape index (κ2) is 7.97. The Labute approximate surface area is 149 Å². The number of carbonyl (C=O) groups excluding carboxylic acids is 2. The summed E-state index contributed by atoms with van der Waals surface area (Å²) in [5.74, 6) is 0.208. The molecular weight excluding hydrogens is 372 g/mol. The molecule has 0 saturated carbocycles. The normalized spacial score (nSPS) is 10.2. The number of methoxy groups -OCH3 is 1. The van der Waals surface area contributed by atoms with E-state index in [0.717, 1.165) is 10.0 Å². The third-order valence-corrected chi connectivity index (χ3v) is 4.12. The van der Waals surface area contributed by atoms with Crippen LogP contribution in [-0.4, -0.2) is 25.5 Å². The van der Waals surface area contributed by atoms with Crippen LogP contribution in [0.2, 0.25) is 0 Å². The van der Waals surface area contributed by atoms with Gasteiger partial charge in [-0.3, -0.25) is 9.59 Å². The predicted molar refractivity (Wildman–Crippen MR) is 98.5 cm³/mol. The SMILES string of the molecule is COc1ccc(N(CC(=O)Nc2ccc(C)cc2Br)C(C)=O)cc1. The van der Waals surface area contributed by atoms with Crippen LogP contribution in [0.1, 0.15) is 12.5 Å². The van der Waals surface area contributed by atoms with Crippen molar-refractivity contribution in [3.05, 3.63) is 52.5 Å². The zero-order chi connectivity index (χ0) is 17.7. The molecule has 0 bridgehead atoms. The molecule has 0 radical (unpaired) electrons. The number of aryl methyl sites for hydroxylation is 1. The zero-order valence-corrected chi connectivity index (χ0v) is 15.4. The lowest BCUT2D eigenvalue weighted by atomic mass is 10.2. The number of amides is 2. The fourth-order valence-corrected chi connectivity index (χ4v) is 2.79. The largest absolute Gasteiger partial charge is 0.497 e. The van der Waals surface area contributed by atoms with Gasteiger partial charge in [0.2, 0.25) is 11.8 Å². The second-order valence-electron chi connectivity index (χ2n) is 5.33. The Morgan fingerprint density at radius 1 is 1.17 bits per heavy atom. The number of hydrogen-bond acceptors (Lipinski definition) is 3. The van der Waals surface area contributed by atoms with E-state index in [0.29, 0.717) is 17.1 Å². The van der Waals surface area contributed by atoms with Gasteiger partial charge in [0.25, 0.3) is 0 Å². The lowest BCUT2D eigenvalue weighted by Gasteiger charge is -2.21. The van der Waals surface area contributed by atoms with Crippen molar-refractivity contribution in [1.82, 2.24) is 0 Å². The van der Waals surface area contributed by atoms with Crippen molar-refractivity contribution in [2.75, 3.05) is 23.9 Å². The Bertz CT molecular complexity index is 744. The van der Waals surface area contributed by atoms with E-state index in [1.54, 1.807) is 31.4 Å². The molecule has 2 aromatic rings. The van der Waals surface area contributed by atoms with Crippen LogP contribution < -0.4 is 15.0 Å². The Morgan fingerprint density at radius 3 is 2.38 bits per heavy atom. The van der Waals surface area contributed by atoms with Crippen molar-refractivity contribution in [2.45, 2.75) is 13.8 Å².